The number of rotatable bonds is 4. The van der Waals surface area contributed by atoms with Gasteiger partial charge in [-0.2, -0.15) is 0 Å². The van der Waals surface area contributed by atoms with Gasteiger partial charge in [0.15, 0.2) is 5.13 Å². The average Bonchev–Trinajstić information content (AvgIpc) is 3.03. The Morgan fingerprint density at radius 3 is 2.93 bits per heavy atom. The molecule has 0 saturated heterocycles. The first kappa shape index (κ1) is 19.2. The lowest BCUT2D eigenvalue weighted by atomic mass is 10.2. The minimum Gasteiger partial charge on any atom is -0.495 e. The van der Waals surface area contributed by atoms with E-state index < -0.39 is 6.09 Å². The summed E-state index contributed by atoms with van der Waals surface area (Å²) in [5.74, 6) is 0.532. The van der Waals surface area contributed by atoms with E-state index in [2.05, 4.69) is 15.6 Å². The van der Waals surface area contributed by atoms with Crippen LogP contribution in [0.1, 0.15) is 17.5 Å². The van der Waals surface area contributed by atoms with Gasteiger partial charge in [-0.05, 0) is 25.1 Å². The van der Waals surface area contributed by atoms with Crippen LogP contribution in [0.15, 0.2) is 18.2 Å². The number of nitrogens with zero attached hydrogens (tertiary/aromatic N) is 2. The Bertz CT molecular complexity index is 857. The molecule has 0 spiro atoms. The fraction of sp³-hybridized carbons (Fsp3) is 0.353. The van der Waals surface area contributed by atoms with Crippen molar-refractivity contribution in [1.29, 1.82) is 0 Å². The Labute approximate surface area is 165 Å². The lowest BCUT2D eigenvalue weighted by Gasteiger charge is -2.26. The SMILES string of the molecule is CCOC(=O)Nc1nc2c(s1)CN(C(=O)Nc1cc(Cl)ccc1OC)CC2. The second-order valence-corrected chi connectivity index (χ2v) is 7.20. The van der Waals surface area contributed by atoms with Crippen molar-refractivity contribution in [3.63, 3.8) is 0 Å². The molecular formula is C17H19ClN4O4S. The van der Waals surface area contributed by atoms with Crippen molar-refractivity contribution < 1.29 is 19.1 Å². The number of ether oxygens (including phenoxy) is 2. The van der Waals surface area contributed by atoms with Crippen LogP contribution in [0.4, 0.5) is 20.4 Å². The van der Waals surface area contributed by atoms with Gasteiger partial charge in [0.05, 0.1) is 31.6 Å². The molecule has 2 heterocycles. The maximum absolute atomic E-state index is 12.6. The van der Waals surface area contributed by atoms with Gasteiger partial charge >= 0.3 is 12.1 Å². The first-order chi connectivity index (χ1) is 13.0. The molecule has 0 saturated carbocycles. The summed E-state index contributed by atoms with van der Waals surface area (Å²) < 4.78 is 10.1. The van der Waals surface area contributed by atoms with Gasteiger partial charge in [-0.1, -0.05) is 22.9 Å². The van der Waals surface area contributed by atoms with Crippen molar-refractivity contribution in [3.8, 4) is 5.75 Å². The number of methoxy groups -OCH3 is 1. The van der Waals surface area contributed by atoms with E-state index in [4.69, 9.17) is 21.1 Å². The fourth-order valence-corrected chi connectivity index (χ4v) is 3.83. The summed E-state index contributed by atoms with van der Waals surface area (Å²) in [4.78, 5) is 31.2. The number of benzene rings is 1. The highest BCUT2D eigenvalue weighted by Gasteiger charge is 2.25. The van der Waals surface area contributed by atoms with Crippen LogP contribution in [0.2, 0.25) is 5.02 Å². The Hall–Kier alpha value is -2.52. The number of fused-ring (bicyclic) bond motifs is 1. The zero-order chi connectivity index (χ0) is 19.4. The van der Waals surface area contributed by atoms with E-state index in [0.29, 0.717) is 41.1 Å². The third-order valence-corrected chi connectivity index (χ3v) is 5.14. The highest BCUT2D eigenvalue weighted by Crippen LogP contribution is 2.31. The standard InChI is InChI=1S/C17H19ClN4O4S/c1-3-26-17(24)21-15-19-11-6-7-22(9-14(11)27-15)16(23)20-12-8-10(18)4-5-13(12)25-2/h4-5,8H,3,6-7,9H2,1-2H3,(H,20,23)(H,19,21,24). The molecule has 0 aliphatic carbocycles. The average molecular weight is 411 g/mol. The van der Waals surface area contributed by atoms with Crippen LogP contribution in [0.25, 0.3) is 0 Å². The number of amides is 3. The molecule has 0 fully saturated rings. The molecule has 2 aromatic rings. The highest BCUT2D eigenvalue weighted by atomic mass is 35.5. The van der Waals surface area contributed by atoms with Gasteiger partial charge in [-0.3, -0.25) is 5.32 Å². The minimum absolute atomic E-state index is 0.255. The van der Waals surface area contributed by atoms with E-state index in [1.807, 2.05) is 0 Å². The molecule has 1 aromatic carbocycles. The Morgan fingerprint density at radius 1 is 1.37 bits per heavy atom. The molecule has 3 rings (SSSR count). The molecule has 1 aliphatic rings. The maximum Gasteiger partial charge on any atom is 0.413 e. The molecule has 1 aromatic heterocycles. The van der Waals surface area contributed by atoms with Crippen LogP contribution in [0.3, 0.4) is 0 Å². The molecule has 0 bridgehead atoms. The molecule has 144 valence electrons. The third kappa shape index (κ3) is 4.61. The van der Waals surface area contributed by atoms with Crippen LogP contribution < -0.4 is 15.4 Å². The molecule has 0 radical (unpaired) electrons. The van der Waals surface area contributed by atoms with E-state index in [9.17, 15) is 9.59 Å². The number of nitrogens with one attached hydrogen (secondary N) is 2. The Kier molecular flexibility index (Phi) is 6.02. The summed E-state index contributed by atoms with van der Waals surface area (Å²) >= 11 is 7.34. The van der Waals surface area contributed by atoms with Crippen molar-refractivity contribution in [2.75, 3.05) is 30.9 Å². The number of anilines is 2. The number of aromatic nitrogens is 1. The maximum atomic E-state index is 12.6. The quantitative estimate of drug-likeness (QED) is 0.795. The van der Waals surface area contributed by atoms with Crippen molar-refractivity contribution in [3.05, 3.63) is 33.8 Å². The predicted molar refractivity (Wildman–Crippen MR) is 104 cm³/mol. The van der Waals surface area contributed by atoms with Crippen LogP contribution in [0.5, 0.6) is 5.75 Å². The molecule has 2 N–H and O–H groups in total. The zero-order valence-electron chi connectivity index (χ0n) is 14.9. The predicted octanol–water partition coefficient (Wildman–Crippen LogP) is 3.96. The monoisotopic (exact) mass is 410 g/mol. The van der Waals surface area contributed by atoms with Crippen LogP contribution >= 0.6 is 22.9 Å². The van der Waals surface area contributed by atoms with Crippen LogP contribution in [-0.4, -0.2) is 42.3 Å². The molecule has 10 heteroatoms. The van der Waals surface area contributed by atoms with Crippen molar-refractivity contribution in [2.24, 2.45) is 0 Å². The number of hydrogen-bond acceptors (Lipinski definition) is 6. The number of carbonyl (C=O) groups excluding carboxylic acids is 2. The number of carbonyl (C=O) groups is 2. The Balaban J connectivity index is 1.67. The summed E-state index contributed by atoms with van der Waals surface area (Å²) in [6.07, 6.45) is 0.0717. The first-order valence-corrected chi connectivity index (χ1v) is 9.51. The van der Waals surface area contributed by atoms with Gasteiger partial charge in [0.25, 0.3) is 0 Å². The van der Waals surface area contributed by atoms with Gasteiger partial charge in [0, 0.05) is 22.9 Å². The number of urea groups is 1. The second-order valence-electron chi connectivity index (χ2n) is 5.68. The summed E-state index contributed by atoms with van der Waals surface area (Å²) in [6, 6.07) is 4.78. The van der Waals surface area contributed by atoms with E-state index in [-0.39, 0.29) is 12.6 Å². The smallest absolute Gasteiger partial charge is 0.413 e. The third-order valence-electron chi connectivity index (χ3n) is 3.91. The van der Waals surface area contributed by atoms with Gasteiger partial charge in [-0.15, -0.1) is 0 Å². The molecule has 0 unspecified atom stereocenters. The summed E-state index contributed by atoms with van der Waals surface area (Å²) in [5.41, 5.74) is 1.39. The second kappa shape index (κ2) is 8.45. The molecule has 1 aliphatic heterocycles. The van der Waals surface area contributed by atoms with E-state index >= 15 is 0 Å². The highest BCUT2D eigenvalue weighted by molar-refractivity contribution is 7.15. The number of thiazole rings is 1. The fourth-order valence-electron chi connectivity index (χ4n) is 2.65. The first-order valence-electron chi connectivity index (χ1n) is 8.32. The van der Waals surface area contributed by atoms with Gasteiger partial charge < -0.3 is 19.7 Å². The largest absolute Gasteiger partial charge is 0.495 e. The van der Waals surface area contributed by atoms with Gasteiger partial charge in [-0.25, -0.2) is 14.6 Å². The molecule has 8 nitrogen and oxygen atoms in total. The Morgan fingerprint density at radius 2 is 2.19 bits per heavy atom. The summed E-state index contributed by atoms with van der Waals surface area (Å²) in [5, 5.41) is 6.41. The topological polar surface area (TPSA) is 92.8 Å². The molecule has 0 atom stereocenters. The van der Waals surface area contributed by atoms with E-state index in [1.54, 1.807) is 30.0 Å². The van der Waals surface area contributed by atoms with E-state index in [1.165, 1.54) is 18.4 Å². The lowest BCUT2D eigenvalue weighted by molar-refractivity contribution is 0.168. The lowest BCUT2D eigenvalue weighted by Crippen LogP contribution is -2.38. The van der Waals surface area contributed by atoms with Gasteiger partial charge in [0.1, 0.15) is 5.75 Å². The van der Waals surface area contributed by atoms with Gasteiger partial charge in [0.2, 0.25) is 0 Å². The normalized spacial score (nSPS) is 12.9. The zero-order valence-corrected chi connectivity index (χ0v) is 16.4. The minimum atomic E-state index is -0.536. The molecular weight excluding hydrogens is 392 g/mol. The van der Waals surface area contributed by atoms with Crippen molar-refractivity contribution in [2.45, 2.75) is 19.9 Å². The van der Waals surface area contributed by atoms with Crippen LogP contribution in [0, 0.1) is 0 Å². The van der Waals surface area contributed by atoms with Crippen molar-refractivity contribution >= 4 is 45.9 Å². The molecule has 27 heavy (non-hydrogen) atoms. The number of hydrogen-bond donors (Lipinski definition) is 2. The van der Waals surface area contributed by atoms with Crippen LogP contribution in [-0.2, 0) is 17.7 Å². The molecule has 3 amide bonds. The van der Waals surface area contributed by atoms with Crippen molar-refractivity contribution in [1.82, 2.24) is 9.88 Å². The van der Waals surface area contributed by atoms with E-state index in [0.717, 1.165) is 10.6 Å². The number of halogens is 1. The summed E-state index contributed by atoms with van der Waals surface area (Å²) in [7, 11) is 1.53. The summed E-state index contributed by atoms with van der Waals surface area (Å²) in [6.45, 7) is 2.95.